The van der Waals surface area contributed by atoms with Gasteiger partial charge in [0, 0.05) is 0 Å². The molecule has 1 fully saturated rings. The van der Waals surface area contributed by atoms with Crippen LogP contribution in [0.1, 0.15) is 36.1 Å². The molecule has 3 atom stereocenters. The molecule has 1 aliphatic heterocycles. The number of aliphatic carboxylic acids is 1. The maximum Gasteiger partial charge on any atom is 0.235 e. The monoisotopic (exact) mass is 530 g/mol. The van der Waals surface area contributed by atoms with Crippen LogP contribution in [0.2, 0.25) is 0 Å². The summed E-state index contributed by atoms with van der Waals surface area (Å²) in [4.78, 5) is 40.3. The molecule has 1 heterocycles. The highest BCUT2D eigenvalue weighted by molar-refractivity contribution is 9.10. The number of hydrogen-bond donors (Lipinski definition) is 0. The molecule has 0 spiro atoms. The lowest BCUT2D eigenvalue weighted by atomic mass is 9.54. The van der Waals surface area contributed by atoms with Crippen LogP contribution in [0.4, 0.5) is 0 Å². The molecule has 0 saturated carbocycles. The number of carboxylic acids is 1. The summed E-state index contributed by atoms with van der Waals surface area (Å²) in [6.45, 7) is 3.35. The minimum Gasteiger partial charge on any atom is -0.548 e. The molecule has 0 N–H and O–H groups in total. The van der Waals surface area contributed by atoms with Crippen LogP contribution in [0, 0.1) is 17.8 Å². The molecule has 2 amide bonds. The highest BCUT2D eigenvalue weighted by Gasteiger charge is 2.73. The largest absolute Gasteiger partial charge is 0.548 e. The van der Waals surface area contributed by atoms with E-state index in [4.69, 9.17) is 0 Å². The van der Waals surface area contributed by atoms with Crippen molar-refractivity contribution in [3.8, 4) is 0 Å². The third-order valence-electron chi connectivity index (χ3n) is 6.77. The van der Waals surface area contributed by atoms with E-state index in [2.05, 4.69) is 31.9 Å². The van der Waals surface area contributed by atoms with Gasteiger partial charge in [-0.3, -0.25) is 14.5 Å². The minimum absolute atomic E-state index is 0.469. The number of carbonyl (C=O) groups is 3. The summed E-state index contributed by atoms with van der Waals surface area (Å²) in [6, 6.07) is 14.2. The van der Waals surface area contributed by atoms with Crippen LogP contribution in [0.25, 0.3) is 0 Å². The van der Waals surface area contributed by atoms with Gasteiger partial charge in [0.25, 0.3) is 0 Å². The number of carboxylic acid groups (broad SMARTS) is 1. The fraction of sp³-hybridized carbons (Fsp3) is 0.348. The van der Waals surface area contributed by atoms with Crippen molar-refractivity contribution in [1.82, 2.24) is 4.90 Å². The Labute approximate surface area is 190 Å². The van der Waals surface area contributed by atoms with Crippen molar-refractivity contribution in [1.29, 1.82) is 0 Å². The van der Waals surface area contributed by atoms with Gasteiger partial charge in [0.2, 0.25) is 11.8 Å². The molecule has 0 aromatic heterocycles. The quantitative estimate of drug-likeness (QED) is 0.450. The van der Waals surface area contributed by atoms with Gasteiger partial charge in [-0.2, -0.15) is 0 Å². The maximum atomic E-state index is 13.7. The van der Waals surface area contributed by atoms with Crippen LogP contribution in [-0.4, -0.2) is 28.7 Å². The van der Waals surface area contributed by atoms with Crippen molar-refractivity contribution in [2.45, 2.75) is 28.5 Å². The third-order valence-corrected chi connectivity index (χ3v) is 9.47. The Hall–Kier alpha value is -1.99. The molecule has 154 valence electrons. The summed E-state index contributed by atoms with van der Waals surface area (Å²) in [6.07, 6.45) is 0. The summed E-state index contributed by atoms with van der Waals surface area (Å²) < 4.78 is -1.84. The molecular weight excluding hydrogens is 514 g/mol. The Kier molecular flexibility index (Phi) is 4.16. The van der Waals surface area contributed by atoms with E-state index >= 15 is 0 Å². The Morgan fingerprint density at radius 1 is 0.867 bits per heavy atom. The number of amides is 2. The Balaban J connectivity index is 1.82. The normalized spacial score (nSPS) is 32.1. The highest BCUT2D eigenvalue weighted by atomic mass is 79.9. The first-order valence-corrected chi connectivity index (χ1v) is 11.4. The molecule has 0 unspecified atom stereocenters. The molecule has 2 aromatic carbocycles. The Bertz CT molecular complexity index is 1010. The van der Waals surface area contributed by atoms with Gasteiger partial charge >= 0.3 is 0 Å². The number of alkyl halides is 2. The summed E-state index contributed by atoms with van der Waals surface area (Å²) in [7, 11) is 0. The molecule has 2 aromatic rings. The predicted molar refractivity (Wildman–Crippen MR) is 115 cm³/mol. The summed E-state index contributed by atoms with van der Waals surface area (Å²) in [5.74, 6) is -4.37. The Morgan fingerprint density at radius 2 is 1.20 bits per heavy atom. The van der Waals surface area contributed by atoms with Crippen LogP contribution >= 0.6 is 31.9 Å². The zero-order valence-corrected chi connectivity index (χ0v) is 19.4. The van der Waals surface area contributed by atoms with Crippen LogP contribution in [-0.2, 0) is 23.0 Å². The first-order chi connectivity index (χ1) is 14.2. The zero-order chi connectivity index (χ0) is 21.6. The second kappa shape index (κ2) is 6.26. The highest BCUT2D eigenvalue weighted by Crippen LogP contribution is 2.70. The van der Waals surface area contributed by atoms with Crippen molar-refractivity contribution in [3.63, 3.8) is 0 Å². The smallest absolute Gasteiger partial charge is 0.235 e. The van der Waals surface area contributed by atoms with Gasteiger partial charge in [0.05, 0.1) is 32.5 Å². The van der Waals surface area contributed by atoms with Crippen molar-refractivity contribution in [2.75, 3.05) is 0 Å². The van der Waals surface area contributed by atoms with Crippen LogP contribution < -0.4 is 5.11 Å². The average molecular weight is 532 g/mol. The second-order valence-corrected chi connectivity index (χ2v) is 11.0. The standard InChI is InChI=1S/C23H19Br2NO4/c1-11(2)18(21(29)30)26-19(27)16-17(20(26)28)23(25)13-8-4-3-7-12(13)22(16,24)14-9-5-6-10-15(14)23/h3-11,16-18H,1-2H3,(H,29,30)/p-1/t16-,17-,18-,22?,23?/m0/s1. The molecule has 30 heavy (non-hydrogen) atoms. The predicted octanol–water partition coefficient (Wildman–Crippen LogP) is 2.67. The van der Waals surface area contributed by atoms with Gasteiger partial charge in [0.1, 0.15) is 0 Å². The fourth-order valence-corrected chi connectivity index (χ4v) is 7.94. The van der Waals surface area contributed by atoms with Crippen molar-refractivity contribution in [3.05, 3.63) is 70.8 Å². The molecule has 0 radical (unpaired) electrons. The zero-order valence-electron chi connectivity index (χ0n) is 16.3. The van der Waals surface area contributed by atoms with E-state index in [0.717, 1.165) is 27.2 Å². The first kappa shape index (κ1) is 19.9. The second-order valence-electron chi connectivity index (χ2n) is 8.52. The van der Waals surface area contributed by atoms with Gasteiger partial charge in [-0.15, -0.1) is 0 Å². The summed E-state index contributed by atoms with van der Waals surface area (Å²) in [5.41, 5.74) is 3.66. The number of nitrogens with zero attached hydrogens (tertiary/aromatic N) is 1. The topological polar surface area (TPSA) is 77.5 Å². The van der Waals surface area contributed by atoms with Crippen LogP contribution in [0.15, 0.2) is 48.5 Å². The van der Waals surface area contributed by atoms with Crippen molar-refractivity contribution < 1.29 is 19.5 Å². The van der Waals surface area contributed by atoms with Crippen molar-refractivity contribution >= 4 is 49.6 Å². The molecule has 4 aliphatic rings. The van der Waals surface area contributed by atoms with Gasteiger partial charge in [-0.1, -0.05) is 94.2 Å². The van der Waals surface area contributed by atoms with Crippen molar-refractivity contribution in [2.24, 2.45) is 17.8 Å². The molecule has 7 heteroatoms. The van der Waals surface area contributed by atoms with Crippen LogP contribution in [0.5, 0.6) is 0 Å². The number of halogens is 2. The number of imide groups is 1. The first-order valence-electron chi connectivity index (χ1n) is 9.82. The van der Waals surface area contributed by atoms with E-state index in [0.29, 0.717) is 0 Å². The Morgan fingerprint density at radius 3 is 1.47 bits per heavy atom. The van der Waals surface area contributed by atoms with Gasteiger partial charge < -0.3 is 9.90 Å². The molecule has 5 nitrogen and oxygen atoms in total. The number of carbonyl (C=O) groups excluding carboxylic acids is 3. The fourth-order valence-electron chi connectivity index (χ4n) is 5.64. The van der Waals surface area contributed by atoms with E-state index < -0.39 is 50.2 Å². The SMILES string of the molecule is CC(C)[C@@H](C(=O)[O-])N1C(=O)[C@@H]2[C@@H](C1=O)C1(Br)c3ccccc3C2(Br)c2ccccc21. The average Bonchev–Trinajstić information content (AvgIpc) is 2.98. The molecule has 6 rings (SSSR count). The molecule has 3 aliphatic carbocycles. The lowest BCUT2D eigenvalue weighted by molar-refractivity contribution is -0.312. The number of likely N-dealkylation sites (tertiary alicyclic amines) is 1. The van der Waals surface area contributed by atoms with E-state index in [9.17, 15) is 19.5 Å². The lowest BCUT2D eigenvalue weighted by Crippen LogP contribution is -2.56. The van der Waals surface area contributed by atoms with E-state index in [-0.39, 0.29) is 0 Å². The van der Waals surface area contributed by atoms with Gasteiger partial charge in [-0.05, 0) is 28.2 Å². The minimum atomic E-state index is -1.42. The van der Waals surface area contributed by atoms with E-state index in [1.807, 2.05) is 48.5 Å². The number of benzene rings is 2. The summed E-state index contributed by atoms with van der Waals surface area (Å²) >= 11 is 7.79. The van der Waals surface area contributed by atoms with E-state index in [1.54, 1.807) is 13.8 Å². The third kappa shape index (κ3) is 2.10. The van der Waals surface area contributed by atoms with Gasteiger partial charge in [0.15, 0.2) is 0 Å². The maximum absolute atomic E-state index is 13.7. The molecular formula is C23H18Br2NO4-. The van der Waals surface area contributed by atoms with Crippen LogP contribution in [0.3, 0.4) is 0 Å². The molecule has 2 bridgehead atoms. The lowest BCUT2D eigenvalue weighted by Gasteiger charge is -2.55. The molecule has 1 saturated heterocycles. The van der Waals surface area contributed by atoms with E-state index in [1.165, 1.54) is 0 Å². The van der Waals surface area contributed by atoms with Gasteiger partial charge in [-0.25, -0.2) is 0 Å². The summed E-state index contributed by atoms with van der Waals surface area (Å²) in [5, 5.41) is 11.9. The number of hydrogen-bond acceptors (Lipinski definition) is 4. The number of rotatable bonds is 3.